The molecule has 0 bridgehead atoms. The molecule has 1 unspecified atom stereocenters. The highest BCUT2D eigenvalue weighted by Gasteiger charge is 2.36. The maximum atomic E-state index is 12.3. The van der Waals surface area contributed by atoms with Crippen LogP contribution in [-0.4, -0.2) is 29.2 Å². The summed E-state index contributed by atoms with van der Waals surface area (Å²) in [5.41, 5.74) is 2.77. The second-order valence-electron chi connectivity index (χ2n) is 8.55. The van der Waals surface area contributed by atoms with Gasteiger partial charge < -0.3 is 10.0 Å². The number of hydrogen-bond acceptors (Lipinski definition) is 4. The Kier molecular flexibility index (Phi) is 6.20. The molecule has 0 fully saturated rings. The van der Waals surface area contributed by atoms with Crippen molar-refractivity contribution in [2.24, 2.45) is 0 Å². The molecule has 4 nitrogen and oxygen atoms in total. The van der Waals surface area contributed by atoms with Gasteiger partial charge in [-0.05, 0) is 35.4 Å². The monoisotopic (exact) mass is 499 g/mol. The summed E-state index contributed by atoms with van der Waals surface area (Å²) in [6.45, 7) is 0. The molecule has 0 aliphatic rings. The van der Waals surface area contributed by atoms with Crippen molar-refractivity contribution in [1.82, 2.24) is 9.97 Å². The molecule has 5 aromatic rings. The van der Waals surface area contributed by atoms with Crippen LogP contribution >= 0.6 is 23.2 Å². The molecule has 0 spiro atoms. The van der Waals surface area contributed by atoms with Crippen molar-refractivity contribution >= 4 is 39.9 Å². The maximum Gasteiger partial charge on any atom is 0.143 e. The molecular weight excluding hydrogens is 477 g/mol. The largest absolute Gasteiger partial charge is 0.376 e. The lowest BCUT2D eigenvalue weighted by molar-refractivity contribution is 0.125. The Hall–Kier alpha value is -3.44. The standard InChI is InChI=1S/C29H23Cl2N3O/c1-34(2)28-26(19-9-4-3-5-10-19)27(31)22-17-20(14-15-25(22)33-28)29(35,21-11-8-16-32-18-21)23-12-6-7-13-24(23)30/h3-18,35H,1-2H3. The predicted octanol–water partition coefficient (Wildman–Crippen LogP) is 6.95. The molecule has 5 rings (SSSR count). The Morgan fingerprint density at radius 3 is 2.26 bits per heavy atom. The Morgan fingerprint density at radius 1 is 0.829 bits per heavy atom. The third-order valence-corrected chi connectivity index (χ3v) is 6.87. The lowest BCUT2D eigenvalue weighted by atomic mass is 9.80. The maximum absolute atomic E-state index is 12.3. The molecule has 6 heteroatoms. The van der Waals surface area contributed by atoms with Crippen molar-refractivity contribution in [2.45, 2.75) is 5.60 Å². The van der Waals surface area contributed by atoms with E-state index in [1.54, 1.807) is 24.5 Å². The van der Waals surface area contributed by atoms with E-state index >= 15 is 0 Å². The third-order valence-electron chi connectivity index (χ3n) is 6.15. The first-order chi connectivity index (χ1) is 16.9. The lowest BCUT2D eigenvalue weighted by Gasteiger charge is -2.31. The highest BCUT2D eigenvalue weighted by molar-refractivity contribution is 6.39. The summed E-state index contributed by atoms with van der Waals surface area (Å²) < 4.78 is 0. The minimum atomic E-state index is -1.54. The number of fused-ring (bicyclic) bond motifs is 1. The molecule has 3 aromatic carbocycles. The van der Waals surface area contributed by atoms with Crippen LogP contribution in [0.15, 0.2) is 97.3 Å². The number of aliphatic hydroxyl groups is 1. The Morgan fingerprint density at radius 2 is 1.57 bits per heavy atom. The van der Waals surface area contributed by atoms with E-state index in [4.69, 9.17) is 28.2 Å². The summed E-state index contributed by atoms with van der Waals surface area (Å²) in [5.74, 6) is 0.773. The number of rotatable bonds is 5. The highest BCUT2D eigenvalue weighted by Crippen LogP contribution is 2.44. The van der Waals surface area contributed by atoms with Gasteiger partial charge in [-0.25, -0.2) is 4.98 Å². The van der Waals surface area contributed by atoms with Gasteiger partial charge >= 0.3 is 0 Å². The van der Waals surface area contributed by atoms with Gasteiger partial charge in [0.1, 0.15) is 11.4 Å². The number of aromatic nitrogens is 2. The summed E-state index contributed by atoms with van der Waals surface area (Å²) in [6.07, 6.45) is 3.32. The molecule has 2 aromatic heterocycles. The summed E-state index contributed by atoms with van der Waals surface area (Å²) >= 11 is 13.7. The molecular formula is C29H23Cl2N3O. The summed E-state index contributed by atoms with van der Waals surface area (Å²) in [6, 6.07) is 26.5. The zero-order valence-corrected chi connectivity index (χ0v) is 20.8. The van der Waals surface area contributed by atoms with E-state index in [2.05, 4.69) is 4.98 Å². The van der Waals surface area contributed by atoms with Crippen molar-refractivity contribution in [2.75, 3.05) is 19.0 Å². The average Bonchev–Trinajstić information content (AvgIpc) is 2.89. The second-order valence-corrected chi connectivity index (χ2v) is 9.33. The lowest BCUT2D eigenvalue weighted by Crippen LogP contribution is -2.29. The minimum absolute atomic E-state index is 0.455. The summed E-state index contributed by atoms with van der Waals surface area (Å²) in [7, 11) is 3.90. The molecule has 0 radical (unpaired) electrons. The predicted molar refractivity (Wildman–Crippen MR) is 144 cm³/mol. The van der Waals surface area contributed by atoms with E-state index in [0.717, 1.165) is 27.8 Å². The van der Waals surface area contributed by atoms with Crippen molar-refractivity contribution in [1.29, 1.82) is 0 Å². The SMILES string of the molecule is CN(C)c1nc2ccc(C(O)(c3cccnc3)c3ccccc3Cl)cc2c(Cl)c1-c1ccccc1. The van der Waals surface area contributed by atoms with Crippen LogP contribution in [0.3, 0.4) is 0 Å². The van der Waals surface area contributed by atoms with Crippen LogP contribution in [0.2, 0.25) is 10.0 Å². The van der Waals surface area contributed by atoms with Gasteiger partial charge in [-0.1, -0.05) is 83.9 Å². The van der Waals surface area contributed by atoms with Gasteiger partial charge in [0.15, 0.2) is 0 Å². The molecule has 1 atom stereocenters. The number of halogens is 2. The number of hydrogen-bond donors (Lipinski definition) is 1. The first-order valence-corrected chi connectivity index (χ1v) is 11.9. The van der Waals surface area contributed by atoms with Crippen LogP contribution in [0.1, 0.15) is 16.7 Å². The first kappa shape index (κ1) is 23.3. The second kappa shape index (κ2) is 9.31. The van der Waals surface area contributed by atoms with Crippen LogP contribution in [-0.2, 0) is 5.60 Å². The third kappa shape index (κ3) is 4.04. The van der Waals surface area contributed by atoms with Gasteiger partial charge in [-0.3, -0.25) is 4.98 Å². The van der Waals surface area contributed by atoms with Gasteiger partial charge in [0.05, 0.1) is 10.5 Å². The van der Waals surface area contributed by atoms with Crippen molar-refractivity contribution in [3.8, 4) is 11.1 Å². The van der Waals surface area contributed by atoms with Crippen molar-refractivity contribution in [3.63, 3.8) is 0 Å². The van der Waals surface area contributed by atoms with Gasteiger partial charge in [0.25, 0.3) is 0 Å². The van der Waals surface area contributed by atoms with Gasteiger partial charge in [-0.2, -0.15) is 0 Å². The molecule has 174 valence electrons. The fraction of sp³-hybridized carbons (Fsp3) is 0.103. The fourth-order valence-corrected chi connectivity index (χ4v) is 5.05. The topological polar surface area (TPSA) is 49.2 Å². The van der Waals surface area contributed by atoms with Gasteiger partial charge in [0, 0.05) is 53.6 Å². The molecule has 0 amide bonds. The number of anilines is 1. The normalized spacial score (nSPS) is 12.9. The van der Waals surface area contributed by atoms with Crippen LogP contribution < -0.4 is 4.90 Å². The van der Waals surface area contributed by atoms with E-state index in [9.17, 15) is 5.11 Å². The molecule has 0 aliphatic carbocycles. The summed E-state index contributed by atoms with van der Waals surface area (Å²) in [5, 5.41) is 14.1. The smallest absolute Gasteiger partial charge is 0.143 e. The fourth-order valence-electron chi connectivity index (χ4n) is 4.43. The molecule has 1 N–H and O–H groups in total. The first-order valence-electron chi connectivity index (χ1n) is 11.2. The zero-order valence-electron chi connectivity index (χ0n) is 19.3. The van der Waals surface area contributed by atoms with Crippen LogP contribution in [0.5, 0.6) is 0 Å². The van der Waals surface area contributed by atoms with Gasteiger partial charge in [-0.15, -0.1) is 0 Å². The van der Waals surface area contributed by atoms with E-state index < -0.39 is 5.60 Å². The Bertz CT molecular complexity index is 1510. The van der Waals surface area contributed by atoms with Crippen LogP contribution in [0.25, 0.3) is 22.0 Å². The Labute approximate surface area is 214 Å². The van der Waals surface area contributed by atoms with Crippen LogP contribution in [0, 0.1) is 0 Å². The van der Waals surface area contributed by atoms with E-state index in [-0.39, 0.29) is 0 Å². The average molecular weight is 500 g/mol. The molecule has 0 saturated heterocycles. The summed E-state index contributed by atoms with van der Waals surface area (Å²) in [4.78, 5) is 11.1. The molecule has 0 saturated carbocycles. The quantitative estimate of drug-likeness (QED) is 0.284. The van der Waals surface area contributed by atoms with Gasteiger partial charge in [0.2, 0.25) is 0 Å². The number of benzene rings is 3. The van der Waals surface area contributed by atoms with Crippen molar-refractivity contribution < 1.29 is 5.11 Å². The van der Waals surface area contributed by atoms with Crippen molar-refractivity contribution in [3.05, 3.63) is 124 Å². The number of pyridine rings is 2. The van der Waals surface area contributed by atoms with E-state index in [1.807, 2.05) is 91.8 Å². The zero-order chi connectivity index (χ0) is 24.6. The minimum Gasteiger partial charge on any atom is -0.376 e. The molecule has 35 heavy (non-hydrogen) atoms. The Balaban J connectivity index is 1.81. The van der Waals surface area contributed by atoms with E-state index in [0.29, 0.717) is 26.7 Å². The van der Waals surface area contributed by atoms with E-state index in [1.165, 1.54) is 0 Å². The number of nitrogens with zero attached hydrogens (tertiary/aromatic N) is 3. The molecule has 2 heterocycles. The van der Waals surface area contributed by atoms with Crippen LogP contribution in [0.4, 0.5) is 5.82 Å². The highest BCUT2D eigenvalue weighted by atomic mass is 35.5. The molecule has 0 aliphatic heterocycles.